The highest BCUT2D eigenvalue weighted by Gasteiger charge is 1.99. The summed E-state index contributed by atoms with van der Waals surface area (Å²) in [6, 6.07) is 4.45. The molecule has 0 unspecified atom stereocenters. The van der Waals surface area contributed by atoms with E-state index in [-0.39, 0.29) is 0 Å². The predicted octanol–water partition coefficient (Wildman–Crippen LogP) is 4.02. The molecule has 1 heteroatoms. The minimum absolute atomic E-state index is 0.916. The van der Waals surface area contributed by atoms with E-state index in [0.717, 1.165) is 5.33 Å². The van der Waals surface area contributed by atoms with Gasteiger partial charge in [-0.2, -0.15) is 0 Å². The molecule has 13 heavy (non-hydrogen) atoms. The van der Waals surface area contributed by atoms with E-state index in [2.05, 4.69) is 61.0 Å². The highest BCUT2D eigenvalue weighted by molar-refractivity contribution is 9.09. The molecular weight excluding hydrogens is 224 g/mol. The van der Waals surface area contributed by atoms with E-state index in [9.17, 15) is 0 Å². The molecule has 0 N–H and O–H groups in total. The van der Waals surface area contributed by atoms with Crippen molar-refractivity contribution in [3.63, 3.8) is 0 Å². The normalized spacial score (nSPS) is 11.1. The first-order valence-electron chi connectivity index (χ1n) is 4.45. The second-order valence-electron chi connectivity index (χ2n) is 3.37. The maximum absolute atomic E-state index is 3.38. The fourth-order valence-electron chi connectivity index (χ4n) is 1.62. The summed E-state index contributed by atoms with van der Waals surface area (Å²) in [5, 5.41) is 0.916. The van der Waals surface area contributed by atoms with Crippen LogP contribution in [-0.4, -0.2) is 5.33 Å². The van der Waals surface area contributed by atoms with Crippen LogP contribution in [-0.2, 0) is 0 Å². The maximum Gasteiger partial charge on any atom is 0.0215 e. The van der Waals surface area contributed by atoms with Gasteiger partial charge in [-0.05, 0) is 37.5 Å². The van der Waals surface area contributed by atoms with Crippen molar-refractivity contribution in [1.29, 1.82) is 0 Å². The SMILES string of the molecule is Cc1cc(C)c(C=CCBr)c(C)c1. The van der Waals surface area contributed by atoms with E-state index < -0.39 is 0 Å². The molecule has 0 aromatic heterocycles. The van der Waals surface area contributed by atoms with Gasteiger partial charge in [-0.1, -0.05) is 45.8 Å². The van der Waals surface area contributed by atoms with Gasteiger partial charge in [0.05, 0.1) is 0 Å². The highest BCUT2D eigenvalue weighted by Crippen LogP contribution is 2.17. The second kappa shape index (κ2) is 4.61. The van der Waals surface area contributed by atoms with Crippen LogP contribution in [0.5, 0.6) is 0 Å². The lowest BCUT2D eigenvalue weighted by Crippen LogP contribution is -1.88. The van der Waals surface area contributed by atoms with Gasteiger partial charge in [-0.25, -0.2) is 0 Å². The number of rotatable bonds is 2. The molecule has 0 saturated carbocycles. The number of hydrogen-bond acceptors (Lipinski definition) is 0. The fraction of sp³-hybridized carbons (Fsp3) is 0.333. The summed E-state index contributed by atoms with van der Waals surface area (Å²) in [6.45, 7) is 6.46. The van der Waals surface area contributed by atoms with Gasteiger partial charge in [-0.3, -0.25) is 0 Å². The van der Waals surface area contributed by atoms with E-state index >= 15 is 0 Å². The molecule has 0 atom stereocenters. The quantitative estimate of drug-likeness (QED) is 0.684. The topological polar surface area (TPSA) is 0 Å². The Kier molecular flexibility index (Phi) is 3.73. The van der Waals surface area contributed by atoms with Crippen LogP contribution in [0.15, 0.2) is 18.2 Å². The zero-order valence-electron chi connectivity index (χ0n) is 8.39. The van der Waals surface area contributed by atoms with Crippen molar-refractivity contribution in [1.82, 2.24) is 0 Å². The first-order valence-corrected chi connectivity index (χ1v) is 5.57. The summed E-state index contributed by atoms with van der Waals surface area (Å²) < 4.78 is 0. The molecule has 70 valence electrons. The average molecular weight is 239 g/mol. The molecule has 0 radical (unpaired) electrons. The van der Waals surface area contributed by atoms with Crippen LogP contribution in [0.4, 0.5) is 0 Å². The first kappa shape index (κ1) is 10.5. The third-order valence-corrected chi connectivity index (χ3v) is 2.49. The lowest BCUT2D eigenvalue weighted by atomic mass is 10.00. The molecule has 1 aromatic carbocycles. The van der Waals surface area contributed by atoms with Crippen molar-refractivity contribution >= 4 is 22.0 Å². The third kappa shape index (κ3) is 2.70. The summed E-state index contributed by atoms with van der Waals surface area (Å²) in [5.41, 5.74) is 5.40. The zero-order chi connectivity index (χ0) is 9.84. The maximum atomic E-state index is 3.38. The molecule has 0 fully saturated rings. The molecular formula is C12H15Br. The molecule has 0 amide bonds. The van der Waals surface area contributed by atoms with Crippen LogP contribution in [0.2, 0.25) is 0 Å². The molecule has 1 rings (SSSR count). The fourth-order valence-corrected chi connectivity index (χ4v) is 1.80. The minimum Gasteiger partial charge on any atom is -0.0883 e. The zero-order valence-corrected chi connectivity index (χ0v) is 9.98. The lowest BCUT2D eigenvalue weighted by molar-refractivity contribution is 1.30. The van der Waals surface area contributed by atoms with Crippen molar-refractivity contribution in [2.75, 3.05) is 5.33 Å². The molecule has 0 saturated heterocycles. The Labute approximate surface area is 88.8 Å². The van der Waals surface area contributed by atoms with Crippen molar-refractivity contribution in [2.45, 2.75) is 20.8 Å². The summed E-state index contributed by atoms with van der Waals surface area (Å²) >= 11 is 3.38. The largest absolute Gasteiger partial charge is 0.0883 e. The molecule has 0 bridgehead atoms. The van der Waals surface area contributed by atoms with Gasteiger partial charge in [0.15, 0.2) is 0 Å². The van der Waals surface area contributed by atoms with E-state index in [4.69, 9.17) is 0 Å². The summed E-state index contributed by atoms with van der Waals surface area (Å²) in [7, 11) is 0. The Morgan fingerprint density at radius 3 is 2.15 bits per heavy atom. The molecule has 0 aliphatic heterocycles. The van der Waals surface area contributed by atoms with Crippen LogP contribution in [0, 0.1) is 20.8 Å². The van der Waals surface area contributed by atoms with Crippen molar-refractivity contribution in [3.05, 3.63) is 40.5 Å². The Bertz CT molecular complexity index is 301. The van der Waals surface area contributed by atoms with Crippen molar-refractivity contribution in [2.24, 2.45) is 0 Å². The number of benzene rings is 1. The van der Waals surface area contributed by atoms with Crippen LogP contribution < -0.4 is 0 Å². The second-order valence-corrected chi connectivity index (χ2v) is 4.02. The summed E-state index contributed by atoms with van der Waals surface area (Å²) in [6.07, 6.45) is 4.31. The van der Waals surface area contributed by atoms with Gasteiger partial charge in [0.2, 0.25) is 0 Å². The molecule has 0 heterocycles. The molecule has 0 aliphatic rings. The van der Waals surface area contributed by atoms with Crippen molar-refractivity contribution < 1.29 is 0 Å². The van der Waals surface area contributed by atoms with Gasteiger partial charge in [0.1, 0.15) is 0 Å². The number of allylic oxidation sites excluding steroid dienone is 1. The van der Waals surface area contributed by atoms with Gasteiger partial charge >= 0.3 is 0 Å². The number of alkyl halides is 1. The third-order valence-electron chi connectivity index (χ3n) is 2.11. The number of aryl methyl sites for hydroxylation is 3. The van der Waals surface area contributed by atoms with E-state index in [1.54, 1.807) is 0 Å². The van der Waals surface area contributed by atoms with Crippen LogP contribution >= 0.6 is 15.9 Å². The Hall–Kier alpha value is -0.560. The van der Waals surface area contributed by atoms with E-state index in [1.807, 2.05) is 0 Å². The molecule has 0 spiro atoms. The van der Waals surface area contributed by atoms with Gasteiger partial charge < -0.3 is 0 Å². The van der Waals surface area contributed by atoms with Crippen LogP contribution in [0.1, 0.15) is 22.3 Å². The standard InChI is InChI=1S/C12H15Br/c1-9-7-10(2)12(5-4-6-13)11(3)8-9/h4-5,7-8H,6H2,1-3H3. The summed E-state index contributed by atoms with van der Waals surface area (Å²) in [5.74, 6) is 0. The van der Waals surface area contributed by atoms with Crippen LogP contribution in [0.25, 0.3) is 6.08 Å². The van der Waals surface area contributed by atoms with E-state index in [1.165, 1.54) is 22.3 Å². The Balaban J connectivity index is 3.13. The lowest BCUT2D eigenvalue weighted by Gasteiger charge is -2.06. The Morgan fingerprint density at radius 2 is 1.69 bits per heavy atom. The summed E-state index contributed by atoms with van der Waals surface area (Å²) in [4.78, 5) is 0. The smallest absolute Gasteiger partial charge is 0.0215 e. The van der Waals surface area contributed by atoms with E-state index in [0.29, 0.717) is 0 Å². The molecule has 1 aromatic rings. The number of hydrogen-bond donors (Lipinski definition) is 0. The van der Waals surface area contributed by atoms with Crippen molar-refractivity contribution in [3.8, 4) is 0 Å². The number of halogens is 1. The monoisotopic (exact) mass is 238 g/mol. The van der Waals surface area contributed by atoms with Gasteiger partial charge in [0.25, 0.3) is 0 Å². The van der Waals surface area contributed by atoms with Gasteiger partial charge in [-0.15, -0.1) is 0 Å². The molecule has 0 aliphatic carbocycles. The predicted molar refractivity (Wildman–Crippen MR) is 63.5 cm³/mol. The molecule has 0 nitrogen and oxygen atoms in total. The average Bonchev–Trinajstić information content (AvgIpc) is 2.02. The Morgan fingerprint density at radius 1 is 1.15 bits per heavy atom. The first-order chi connectivity index (χ1) is 6.15. The van der Waals surface area contributed by atoms with Crippen LogP contribution in [0.3, 0.4) is 0 Å². The van der Waals surface area contributed by atoms with Gasteiger partial charge in [0, 0.05) is 5.33 Å². The highest BCUT2D eigenvalue weighted by atomic mass is 79.9. The minimum atomic E-state index is 0.916.